The van der Waals surface area contributed by atoms with Crippen molar-refractivity contribution in [2.24, 2.45) is 0 Å². The molecule has 1 aromatic rings. The highest BCUT2D eigenvalue weighted by atomic mass is 35.5. The van der Waals surface area contributed by atoms with Crippen molar-refractivity contribution in [3.05, 3.63) is 32.6 Å². The van der Waals surface area contributed by atoms with E-state index in [2.05, 4.69) is 4.98 Å². The van der Waals surface area contributed by atoms with Crippen LogP contribution in [0.1, 0.15) is 22.5 Å². The fourth-order valence-corrected chi connectivity index (χ4v) is 1.33. The van der Waals surface area contributed by atoms with Gasteiger partial charge in [0.25, 0.3) is 17.4 Å². The Labute approximate surface area is 97.1 Å². The lowest BCUT2D eigenvalue weighted by Crippen LogP contribution is -2.03. The maximum Gasteiger partial charge on any atom is 0.283 e. The fraction of sp³-hybridized carbons (Fsp3) is 0.143. The third-order valence-corrected chi connectivity index (χ3v) is 2.09. The molecule has 0 saturated heterocycles. The number of rotatable bonds is 3. The molecule has 0 bridgehead atoms. The SMILES string of the molecule is O=C(Cl)c1cc([N+](=O)[O-])c(C(F)F)c(Cl)n1. The molecular weight excluding hydrogens is 269 g/mol. The average molecular weight is 271 g/mol. The van der Waals surface area contributed by atoms with Crippen LogP contribution >= 0.6 is 23.2 Å². The van der Waals surface area contributed by atoms with Gasteiger partial charge in [0.15, 0.2) is 0 Å². The zero-order valence-corrected chi connectivity index (χ0v) is 8.80. The van der Waals surface area contributed by atoms with Crippen LogP contribution in [0.5, 0.6) is 0 Å². The van der Waals surface area contributed by atoms with Crippen LogP contribution in [-0.2, 0) is 0 Å². The first kappa shape index (κ1) is 12.7. The highest BCUT2D eigenvalue weighted by molar-refractivity contribution is 6.67. The summed E-state index contributed by atoms with van der Waals surface area (Å²) < 4.78 is 24.9. The largest absolute Gasteiger partial charge is 0.283 e. The monoisotopic (exact) mass is 270 g/mol. The van der Waals surface area contributed by atoms with Gasteiger partial charge in [-0.25, -0.2) is 13.8 Å². The van der Waals surface area contributed by atoms with E-state index < -0.39 is 38.7 Å². The lowest BCUT2D eigenvalue weighted by molar-refractivity contribution is -0.386. The van der Waals surface area contributed by atoms with E-state index in [1.807, 2.05) is 0 Å². The molecule has 5 nitrogen and oxygen atoms in total. The Hall–Kier alpha value is -1.34. The molecule has 1 aromatic heterocycles. The maximum absolute atomic E-state index is 12.4. The Balaban J connectivity index is 3.52. The van der Waals surface area contributed by atoms with Gasteiger partial charge in [0.2, 0.25) is 0 Å². The Morgan fingerprint density at radius 3 is 2.50 bits per heavy atom. The van der Waals surface area contributed by atoms with Crippen LogP contribution in [0.3, 0.4) is 0 Å². The van der Waals surface area contributed by atoms with Crippen LogP contribution in [0.4, 0.5) is 14.5 Å². The van der Waals surface area contributed by atoms with E-state index in [-0.39, 0.29) is 0 Å². The average Bonchev–Trinajstić information content (AvgIpc) is 2.15. The Kier molecular flexibility index (Phi) is 3.71. The zero-order valence-electron chi connectivity index (χ0n) is 7.29. The number of hydrogen-bond donors (Lipinski definition) is 0. The second kappa shape index (κ2) is 4.67. The standard InChI is InChI=1S/C7H2Cl2F2N2O3/c8-5-4(7(10)11)3(13(15)16)1-2(12-5)6(9)14/h1,7H. The molecule has 0 aliphatic carbocycles. The maximum atomic E-state index is 12.4. The molecule has 1 heterocycles. The van der Waals surface area contributed by atoms with Crippen LogP contribution in [0, 0.1) is 10.1 Å². The van der Waals surface area contributed by atoms with Crippen LogP contribution < -0.4 is 0 Å². The van der Waals surface area contributed by atoms with Gasteiger partial charge in [-0.15, -0.1) is 0 Å². The van der Waals surface area contributed by atoms with Crippen molar-refractivity contribution in [1.82, 2.24) is 4.98 Å². The normalized spacial score (nSPS) is 10.6. The second-order valence-corrected chi connectivity index (χ2v) is 3.26. The third kappa shape index (κ3) is 2.42. The van der Waals surface area contributed by atoms with Crippen LogP contribution in [0.25, 0.3) is 0 Å². The molecule has 0 unspecified atom stereocenters. The van der Waals surface area contributed by atoms with Crippen LogP contribution in [0.2, 0.25) is 5.15 Å². The van der Waals surface area contributed by atoms with E-state index in [1.54, 1.807) is 0 Å². The summed E-state index contributed by atoms with van der Waals surface area (Å²) in [5.74, 6) is 0. The summed E-state index contributed by atoms with van der Waals surface area (Å²) >= 11 is 10.3. The minimum Gasteiger partial charge on any atom is -0.274 e. The smallest absolute Gasteiger partial charge is 0.274 e. The van der Waals surface area contributed by atoms with Gasteiger partial charge in [0, 0.05) is 6.07 Å². The number of nitrogens with zero attached hydrogens (tertiary/aromatic N) is 2. The third-order valence-electron chi connectivity index (χ3n) is 1.61. The summed E-state index contributed by atoms with van der Waals surface area (Å²) in [4.78, 5) is 23.3. The van der Waals surface area contributed by atoms with Crippen molar-refractivity contribution in [3.8, 4) is 0 Å². The van der Waals surface area contributed by atoms with Gasteiger partial charge in [0.05, 0.1) is 4.92 Å². The molecule has 0 aromatic carbocycles. The van der Waals surface area contributed by atoms with E-state index in [9.17, 15) is 23.7 Å². The molecule has 0 atom stereocenters. The van der Waals surface area contributed by atoms with E-state index in [0.717, 1.165) is 0 Å². The molecule has 9 heteroatoms. The highest BCUT2D eigenvalue weighted by Gasteiger charge is 2.28. The lowest BCUT2D eigenvalue weighted by Gasteiger charge is -2.04. The van der Waals surface area contributed by atoms with Crippen molar-refractivity contribution < 1.29 is 18.5 Å². The van der Waals surface area contributed by atoms with Gasteiger partial charge in [-0.05, 0) is 11.6 Å². The van der Waals surface area contributed by atoms with Gasteiger partial charge in [-0.1, -0.05) is 11.6 Å². The quantitative estimate of drug-likeness (QED) is 0.366. The van der Waals surface area contributed by atoms with Gasteiger partial charge < -0.3 is 0 Å². The topological polar surface area (TPSA) is 73.1 Å². The molecule has 0 radical (unpaired) electrons. The van der Waals surface area contributed by atoms with Crippen molar-refractivity contribution in [2.45, 2.75) is 6.43 Å². The number of halogens is 4. The molecule has 1 rings (SSSR count). The summed E-state index contributed by atoms with van der Waals surface area (Å²) in [5.41, 5.74) is -2.57. The van der Waals surface area contributed by atoms with Crippen LogP contribution in [-0.4, -0.2) is 15.1 Å². The first-order valence-corrected chi connectivity index (χ1v) is 4.43. The molecule has 0 saturated carbocycles. The minimum atomic E-state index is -3.17. The van der Waals surface area contributed by atoms with Gasteiger partial charge in [-0.3, -0.25) is 14.9 Å². The molecule has 0 aliphatic heterocycles. The molecule has 0 amide bonds. The van der Waals surface area contributed by atoms with Crippen LogP contribution in [0.15, 0.2) is 6.07 Å². The summed E-state index contributed by atoms with van der Waals surface area (Å²) in [6, 6.07) is 0.558. The van der Waals surface area contributed by atoms with E-state index >= 15 is 0 Å². The number of pyridine rings is 1. The highest BCUT2D eigenvalue weighted by Crippen LogP contribution is 2.34. The van der Waals surface area contributed by atoms with Crippen molar-refractivity contribution in [1.29, 1.82) is 0 Å². The number of aromatic nitrogens is 1. The number of hydrogen-bond acceptors (Lipinski definition) is 4. The second-order valence-electron chi connectivity index (χ2n) is 2.56. The van der Waals surface area contributed by atoms with E-state index in [4.69, 9.17) is 23.2 Å². The molecule has 0 fully saturated rings. The Morgan fingerprint density at radius 1 is 1.56 bits per heavy atom. The van der Waals surface area contributed by atoms with Crippen molar-refractivity contribution >= 4 is 34.1 Å². The first-order chi connectivity index (χ1) is 7.34. The van der Waals surface area contributed by atoms with E-state index in [0.29, 0.717) is 6.07 Å². The lowest BCUT2D eigenvalue weighted by atomic mass is 10.2. The van der Waals surface area contributed by atoms with Crippen molar-refractivity contribution in [3.63, 3.8) is 0 Å². The van der Waals surface area contributed by atoms with Crippen molar-refractivity contribution in [2.75, 3.05) is 0 Å². The zero-order chi connectivity index (χ0) is 12.5. The number of carbonyl (C=O) groups is 1. The molecule has 16 heavy (non-hydrogen) atoms. The van der Waals surface area contributed by atoms with Gasteiger partial charge in [-0.2, -0.15) is 0 Å². The number of carbonyl (C=O) groups excluding carboxylic acids is 1. The molecular formula is C7H2Cl2F2N2O3. The molecule has 0 spiro atoms. The van der Waals surface area contributed by atoms with Gasteiger partial charge >= 0.3 is 0 Å². The summed E-state index contributed by atoms with van der Waals surface area (Å²) in [7, 11) is 0. The summed E-state index contributed by atoms with van der Waals surface area (Å²) in [5, 5.41) is 8.55. The minimum absolute atomic E-state index is 0.553. The Bertz CT molecular complexity index is 467. The molecule has 0 N–H and O–H groups in total. The fourth-order valence-electron chi connectivity index (χ4n) is 0.965. The number of alkyl halides is 2. The molecule has 0 aliphatic rings. The summed E-state index contributed by atoms with van der Waals surface area (Å²) in [6.45, 7) is 0. The Morgan fingerprint density at radius 2 is 2.12 bits per heavy atom. The predicted octanol–water partition coefficient (Wildman–Crippen LogP) is 2.96. The van der Waals surface area contributed by atoms with Gasteiger partial charge in [0.1, 0.15) is 16.4 Å². The predicted molar refractivity (Wildman–Crippen MR) is 51.0 cm³/mol. The molecule has 86 valence electrons. The first-order valence-electron chi connectivity index (χ1n) is 3.67. The number of nitro groups is 1. The van der Waals surface area contributed by atoms with E-state index in [1.165, 1.54) is 0 Å². The summed E-state index contributed by atoms with van der Waals surface area (Å²) in [6.07, 6.45) is -3.17.